The van der Waals surface area contributed by atoms with Crippen molar-refractivity contribution in [2.75, 3.05) is 11.9 Å². The molecule has 2 aliphatic carbocycles. The minimum atomic E-state index is -3.95. The number of halogens is 1. The highest BCUT2D eigenvalue weighted by molar-refractivity contribution is 7.84. The number of nitrogens with two attached hydrogens (primary N) is 1. The monoisotopic (exact) mass is 515 g/mol. The molecule has 0 spiro atoms. The van der Waals surface area contributed by atoms with Gasteiger partial charge in [0.2, 0.25) is 0 Å². The molecule has 184 valence electrons. The lowest BCUT2D eigenvalue weighted by Gasteiger charge is -2.18. The molecule has 5 rings (SSSR count). The van der Waals surface area contributed by atoms with E-state index in [9.17, 15) is 13.2 Å². The van der Waals surface area contributed by atoms with Crippen LogP contribution >= 0.6 is 11.6 Å². The molecule has 0 bridgehead atoms. The van der Waals surface area contributed by atoms with Crippen molar-refractivity contribution >= 4 is 33.5 Å². The fourth-order valence-electron chi connectivity index (χ4n) is 4.90. The van der Waals surface area contributed by atoms with Gasteiger partial charge in [0, 0.05) is 35.2 Å². The molecule has 0 unspecified atom stereocenters. The Kier molecular flexibility index (Phi) is 6.39. The van der Waals surface area contributed by atoms with E-state index in [2.05, 4.69) is 25.9 Å². The lowest BCUT2D eigenvalue weighted by molar-refractivity contribution is 0.103. The van der Waals surface area contributed by atoms with E-state index in [-0.39, 0.29) is 29.9 Å². The van der Waals surface area contributed by atoms with Crippen LogP contribution in [0.15, 0.2) is 55.2 Å². The first-order valence-electron chi connectivity index (χ1n) is 11.5. The maximum absolute atomic E-state index is 13.4. The minimum absolute atomic E-state index is 0.0349. The van der Waals surface area contributed by atoms with Crippen LogP contribution in [0.3, 0.4) is 0 Å². The van der Waals surface area contributed by atoms with Crippen LogP contribution in [-0.2, 0) is 20.0 Å². The second-order valence-electron chi connectivity index (χ2n) is 9.26. The van der Waals surface area contributed by atoms with Gasteiger partial charge in [0.05, 0.1) is 17.7 Å². The number of carbonyl (C=O) groups excluding carboxylic acids is 1. The van der Waals surface area contributed by atoms with Gasteiger partial charge in [-0.3, -0.25) is 8.98 Å². The summed E-state index contributed by atoms with van der Waals surface area (Å²) in [6.45, 7) is 0.0501. The number of nitrogens with zero attached hydrogens (tertiary/aromatic N) is 3. The summed E-state index contributed by atoms with van der Waals surface area (Å²) in [5.74, 6) is 0.356. The first kappa shape index (κ1) is 23.9. The first-order valence-corrected chi connectivity index (χ1v) is 13.3. The Morgan fingerprint density at radius 3 is 2.86 bits per heavy atom. The van der Waals surface area contributed by atoms with Gasteiger partial charge in [0.1, 0.15) is 12.1 Å². The van der Waals surface area contributed by atoms with Crippen LogP contribution < -0.4 is 10.5 Å². The van der Waals surface area contributed by atoms with Gasteiger partial charge in [-0.2, -0.15) is 8.42 Å². The molecule has 2 fully saturated rings. The lowest BCUT2D eigenvalue weighted by atomic mass is 10.0. The van der Waals surface area contributed by atoms with E-state index in [0.29, 0.717) is 28.4 Å². The first-order chi connectivity index (χ1) is 16.7. The summed E-state index contributed by atoms with van der Waals surface area (Å²) in [7, 11) is -3.95. The van der Waals surface area contributed by atoms with Gasteiger partial charge in [-0.05, 0) is 61.8 Å². The third kappa shape index (κ3) is 5.25. The smallest absolute Gasteiger partial charge is 0.333 e. The summed E-state index contributed by atoms with van der Waals surface area (Å²) in [6, 6.07) is 9.70. The molecule has 2 heterocycles. The van der Waals surface area contributed by atoms with E-state index in [4.69, 9.17) is 20.9 Å². The van der Waals surface area contributed by atoms with Crippen molar-refractivity contribution in [2.45, 2.75) is 43.7 Å². The number of hydrogen-bond donors (Lipinski definition) is 2. The number of hydrogen-bond acceptors (Lipinski definition) is 7. The average molecular weight is 516 g/mol. The third-order valence-electron chi connectivity index (χ3n) is 6.84. The summed E-state index contributed by atoms with van der Waals surface area (Å²) < 4.78 is 28.9. The van der Waals surface area contributed by atoms with Gasteiger partial charge in [0.15, 0.2) is 5.78 Å². The van der Waals surface area contributed by atoms with E-state index in [0.717, 1.165) is 31.2 Å². The van der Waals surface area contributed by atoms with Crippen molar-refractivity contribution in [3.63, 3.8) is 0 Å². The highest BCUT2D eigenvalue weighted by atomic mass is 35.5. The number of carbonyl (C=O) groups is 1. The topological polar surface area (TPSA) is 129 Å². The van der Waals surface area contributed by atoms with Crippen LogP contribution in [-0.4, -0.2) is 41.4 Å². The Morgan fingerprint density at radius 1 is 1.29 bits per heavy atom. The number of ketones is 1. The summed E-state index contributed by atoms with van der Waals surface area (Å²) >= 11 is 6.21. The van der Waals surface area contributed by atoms with Crippen LogP contribution in [0.2, 0.25) is 5.02 Å². The van der Waals surface area contributed by atoms with E-state index in [1.165, 1.54) is 12.5 Å². The Balaban J connectivity index is 1.30. The number of aromatic nitrogens is 3. The molecule has 2 atom stereocenters. The van der Waals surface area contributed by atoms with E-state index in [1.807, 2.05) is 36.7 Å². The van der Waals surface area contributed by atoms with Crippen LogP contribution in [0.25, 0.3) is 0 Å². The number of nitrogens with one attached hydrogen (secondary N) is 1. The maximum atomic E-state index is 13.4. The summed E-state index contributed by atoms with van der Waals surface area (Å²) in [5, 5.41) is 8.96. The number of anilines is 1. The molecule has 3 N–H and O–H groups in total. The molecule has 0 aliphatic heterocycles. The van der Waals surface area contributed by atoms with Crippen molar-refractivity contribution < 1.29 is 17.4 Å². The average Bonchev–Trinajstić information content (AvgIpc) is 3.26. The molecule has 0 radical (unpaired) electrons. The van der Waals surface area contributed by atoms with Crippen molar-refractivity contribution in [3.8, 4) is 0 Å². The second kappa shape index (κ2) is 9.34. The van der Waals surface area contributed by atoms with Crippen LogP contribution in [0, 0.1) is 5.92 Å². The van der Waals surface area contributed by atoms with Crippen molar-refractivity contribution in [1.29, 1.82) is 0 Å². The standard InChI is InChI=1S/C24H26ClN5O4S/c25-19-3-1-2-18(11-19)24(7-8-24)30-9-6-17(13-30)22(31)21-12-27-15-28-23(21)29-20-5-4-16(10-20)14-34-35(26,32)33/h1-3,6,9,11-13,15-16,20H,4-5,7-8,10,14H2,(H2,26,32,33)(H,27,28,29)/t16-,20+/m1/s1. The highest BCUT2D eigenvalue weighted by Crippen LogP contribution is 2.50. The molecule has 3 aromatic rings. The summed E-state index contributed by atoms with van der Waals surface area (Å²) in [4.78, 5) is 21.8. The minimum Gasteiger partial charge on any atom is -0.367 e. The molecule has 0 amide bonds. The molecular formula is C24H26ClN5O4S. The van der Waals surface area contributed by atoms with Gasteiger partial charge in [-0.1, -0.05) is 23.7 Å². The molecule has 2 aromatic heterocycles. The van der Waals surface area contributed by atoms with Gasteiger partial charge < -0.3 is 9.88 Å². The van der Waals surface area contributed by atoms with E-state index >= 15 is 0 Å². The maximum Gasteiger partial charge on any atom is 0.333 e. The third-order valence-corrected chi connectivity index (χ3v) is 7.54. The SMILES string of the molecule is NS(=O)(=O)OC[C@@H]1CC[C@H](Nc2ncncc2C(=O)c2ccn(C3(c4cccc(Cl)c4)CC3)c2)C1. The zero-order valence-corrected chi connectivity index (χ0v) is 20.5. The van der Waals surface area contributed by atoms with E-state index < -0.39 is 10.3 Å². The molecule has 2 saturated carbocycles. The summed E-state index contributed by atoms with van der Waals surface area (Å²) in [6.07, 6.45) is 11.0. The Morgan fingerprint density at radius 2 is 2.11 bits per heavy atom. The second-order valence-corrected chi connectivity index (χ2v) is 10.9. The largest absolute Gasteiger partial charge is 0.367 e. The Labute approximate surface area is 208 Å². The quantitative estimate of drug-likeness (QED) is 0.417. The molecule has 2 aliphatic rings. The number of benzene rings is 1. The molecular weight excluding hydrogens is 490 g/mol. The number of rotatable bonds is 9. The molecule has 0 saturated heterocycles. The zero-order valence-electron chi connectivity index (χ0n) is 18.9. The van der Waals surface area contributed by atoms with Gasteiger partial charge >= 0.3 is 10.3 Å². The van der Waals surface area contributed by atoms with Crippen LogP contribution in [0.4, 0.5) is 5.82 Å². The molecule has 35 heavy (non-hydrogen) atoms. The van der Waals surface area contributed by atoms with Crippen molar-refractivity contribution in [3.05, 3.63) is 77.0 Å². The van der Waals surface area contributed by atoms with Crippen molar-refractivity contribution in [1.82, 2.24) is 14.5 Å². The van der Waals surface area contributed by atoms with Crippen LogP contribution in [0.1, 0.15) is 53.6 Å². The Bertz CT molecular complexity index is 1360. The predicted molar refractivity (Wildman–Crippen MR) is 131 cm³/mol. The zero-order chi connectivity index (χ0) is 24.6. The van der Waals surface area contributed by atoms with E-state index in [1.54, 1.807) is 0 Å². The van der Waals surface area contributed by atoms with Gasteiger partial charge in [-0.25, -0.2) is 15.1 Å². The van der Waals surface area contributed by atoms with Crippen LogP contribution in [0.5, 0.6) is 0 Å². The molecule has 11 heteroatoms. The predicted octanol–water partition coefficient (Wildman–Crippen LogP) is 3.50. The van der Waals surface area contributed by atoms with Gasteiger partial charge in [0.25, 0.3) is 0 Å². The normalized spacial score (nSPS) is 21.1. The fraction of sp³-hybridized carbons (Fsp3) is 0.375. The molecule has 1 aromatic carbocycles. The summed E-state index contributed by atoms with van der Waals surface area (Å²) in [5.41, 5.74) is 1.91. The highest BCUT2D eigenvalue weighted by Gasteiger charge is 2.46. The molecule has 9 nitrogen and oxygen atoms in total. The Hall–Kier alpha value is -2.79. The van der Waals surface area contributed by atoms with Crippen molar-refractivity contribution in [2.24, 2.45) is 11.1 Å². The lowest BCUT2D eigenvalue weighted by Crippen LogP contribution is -2.22. The fourth-order valence-corrected chi connectivity index (χ4v) is 5.47. The van der Waals surface area contributed by atoms with Gasteiger partial charge in [-0.15, -0.1) is 0 Å².